The highest BCUT2D eigenvalue weighted by Crippen LogP contribution is 2.34. The highest BCUT2D eigenvalue weighted by molar-refractivity contribution is 5.88. The van der Waals surface area contributed by atoms with E-state index in [0.29, 0.717) is 31.2 Å². The number of H-pyrrole nitrogens is 1. The van der Waals surface area contributed by atoms with Gasteiger partial charge in [0.1, 0.15) is 11.5 Å². The fourth-order valence-corrected chi connectivity index (χ4v) is 4.20. The number of nitrogens with zero attached hydrogens (tertiary/aromatic N) is 3. The first-order valence-corrected chi connectivity index (χ1v) is 11.3. The molecule has 0 aromatic carbocycles. The molecule has 2 aromatic rings. The van der Waals surface area contributed by atoms with Gasteiger partial charge in [0.15, 0.2) is 0 Å². The van der Waals surface area contributed by atoms with Crippen LogP contribution in [0, 0.1) is 5.92 Å². The molecule has 8 nitrogen and oxygen atoms in total. The molecule has 0 radical (unpaired) electrons. The Kier molecular flexibility index (Phi) is 6.90. The third-order valence-corrected chi connectivity index (χ3v) is 6.19. The van der Waals surface area contributed by atoms with Gasteiger partial charge < -0.3 is 25.4 Å². The molecule has 1 unspecified atom stereocenters. The topological polar surface area (TPSA) is 93.4 Å². The van der Waals surface area contributed by atoms with Gasteiger partial charge in [-0.1, -0.05) is 6.08 Å². The zero-order chi connectivity index (χ0) is 22.5. The summed E-state index contributed by atoms with van der Waals surface area (Å²) in [4.78, 5) is 36.8. The predicted molar refractivity (Wildman–Crippen MR) is 128 cm³/mol. The SMILES string of the molecule is CNC/C=C/C(=O)N1CCC(N(CC2CC2)c2cc(-c3ccnc(NC)c3)c[nH]c2=O)C1. The molecule has 0 bridgehead atoms. The summed E-state index contributed by atoms with van der Waals surface area (Å²) in [6.45, 7) is 2.87. The number of pyridine rings is 2. The van der Waals surface area contributed by atoms with E-state index >= 15 is 0 Å². The lowest BCUT2D eigenvalue weighted by molar-refractivity contribution is -0.125. The van der Waals surface area contributed by atoms with E-state index in [1.807, 2.05) is 43.3 Å². The molecule has 3 N–H and O–H groups in total. The van der Waals surface area contributed by atoms with E-state index in [2.05, 4.69) is 25.5 Å². The maximum atomic E-state index is 12.9. The fourth-order valence-electron chi connectivity index (χ4n) is 4.20. The minimum atomic E-state index is -0.0870. The molecule has 1 atom stereocenters. The summed E-state index contributed by atoms with van der Waals surface area (Å²) in [6, 6.07) is 6.03. The second-order valence-corrected chi connectivity index (χ2v) is 8.57. The number of carbonyl (C=O) groups is 1. The Morgan fingerprint density at radius 3 is 2.88 bits per heavy atom. The number of likely N-dealkylation sites (N-methyl/N-ethyl adjacent to an activating group) is 1. The summed E-state index contributed by atoms with van der Waals surface area (Å²) in [6.07, 6.45) is 10.3. The number of amides is 1. The van der Waals surface area contributed by atoms with Crippen LogP contribution in [-0.2, 0) is 4.79 Å². The minimum Gasteiger partial charge on any atom is -0.373 e. The lowest BCUT2D eigenvalue weighted by atomic mass is 10.1. The quantitative estimate of drug-likeness (QED) is 0.521. The third-order valence-electron chi connectivity index (χ3n) is 6.19. The minimum absolute atomic E-state index is 0.0353. The van der Waals surface area contributed by atoms with Crippen molar-refractivity contribution in [2.75, 3.05) is 50.5 Å². The number of carbonyl (C=O) groups excluding carboxylic acids is 1. The van der Waals surface area contributed by atoms with Crippen LogP contribution in [0.25, 0.3) is 11.1 Å². The first kappa shape index (κ1) is 22.1. The van der Waals surface area contributed by atoms with Gasteiger partial charge in [-0.2, -0.15) is 0 Å². The largest absolute Gasteiger partial charge is 0.373 e. The number of anilines is 2. The number of rotatable bonds is 9. The maximum Gasteiger partial charge on any atom is 0.271 e. The maximum absolute atomic E-state index is 12.9. The molecule has 8 heteroatoms. The summed E-state index contributed by atoms with van der Waals surface area (Å²) >= 11 is 0. The molecule has 1 aliphatic carbocycles. The van der Waals surface area contributed by atoms with Crippen LogP contribution in [0.3, 0.4) is 0 Å². The van der Waals surface area contributed by atoms with Crippen molar-refractivity contribution in [3.05, 3.63) is 53.1 Å². The van der Waals surface area contributed by atoms with Crippen LogP contribution in [0.2, 0.25) is 0 Å². The van der Waals surface area contributed by atoms with E-state index < -0.39 is 0 Å². The number of hydrogen-bond donors (Lipinski definition) is 3. The summed E-state index contributed by atoms with van der Waals surface area (Å²) in [5, 5.41) is 6.07. The lowest BCUT2D eigenvalue weighted by Crippen LogP contribution is -2.42. The molecule has 2 fully saturated rings. The van der Waals surface area contributed by atoms with Crippen LogP contribution in [0.1, 0.15) is 19.3 Å². The van der Waals surface area contributed by atoms with Crippen molar-refractivity contribution in [1.29, 1.82) is 0 Å². The molecular formula is C24H32N6O2. The number of hydrogen-bond acceptors (Lipinski definition) is 6. The van der Waals surface area contributed by atoms with Gasteiger partial charge in [0.2, 0.25) is 5.91 Å². The van der Waals surface area contributed by atoms with Gasteiger partial charge in [-0.05, 0) is 56.0 Å². The molecule has 2 aliphatic rings. The van der Waals surface area contributed by atoms with E-state index in [1.165, 1.54) is 12.8 Å². The molecule has 1 amide bonds. The van der Waals surface area contributed by atoms with Gasteiger partial charge in [0.25, 0.3) is 5.56 Å². The Morgan fingerprint density at radius 1 is 1.28 bits per heavy atom. The van der Waals surface area contributed by atoms with E-state index in [4.69, 9.17) is 0 Å². The monoisotopic (exact) mass is 436 g/mol. The van der Waals surface area contributed by atoms with Crippen LogP contribution in [0.15, 0.2) is 47.5 Å². The van der Waals surface area contributed by atoms with Crippen molar-refractivity contribution < 1.29 is 4.79 Å². The van der Waals surface area contributed by atoms with Crippen molar-refractivity contribution in [2.24, 2.45) is 5.92 Å². The number of aromatic nitrogens is 2. The van der Waals surface area contributed by atoms with Gasteiger partial charge in [-0.25, -0.2) is 4.98 Å². The number of nitrogens with one attached hydrogen (secondary N) is 3. The molecule has 2 aromatic heterocycles. The van der Waals surface area contributed by atoms with E-state index in [9.17, 15) is 9.59 Å². The van der Waals surface area contributed by atoms with Crippen molar-refractivity contribution in [2.45, 2.75) is 25.3 Å². The molecule has 1 aliphatic heterocycles. The number of likely N-dealkylation sites (tertiary alicyclic amines) is 1. The zero-order valence-electron chi connectivity index (χ0n) is 18.8. The average molecular weight is 437 g/mol. The molecular weight excluding hydrogens is 404 g/mol. The summed E-state index contributed by atoms with van der Waals surface area (Å²) in [7, 11) is 3.69. The average Bonchev–Trinajstić information content (AvgIpc) is 3.51. The van der Waals surface area contributed by atoms with Crippen molar-refractivity contribution in [3.8, 4) is 11.1 Å². The number of aromatic amines is 1. The van der Waals surface area contributed by atoms with Crippen molar-refractivity contribution in [3.63, 3.8) is 0 Å². The summed E-state index contributed by atoms with van der Waals surface area (Å²) in [5.74, 6) is 1.43. The normalized spacial score (nSPS) is 18.3. The smallest absolute Gasteiger partial charge is 0.271 e. The highest BCUT2D eigenvalue weighted by atomic mass is 16.2. The van der Waals surface area contributed by atoms with E-state index in [-0.39, 0.29) is 17.5 Å². The lowest BCUT2D eigenvalue weighted by Gasteiger charge is -2.31. The van der Waals surface area contributed by atoms with Gasteiger partial charge in [0, 0.05) is 63.3 Å². The standard InChI is InChI=1S/C24H32N6O2/c1-25-9-3-4-23(31)29-11-8-20(16-29)30(15-17-5-6-17)21-12-19(14-28-24(21)32)18-7-10-27-22(13-18)26-2/h3-4,7,10,12-14,17,20,25H,5-6,8-9,11,15-16H2,1-2H3,(H,26,27)(H,28,32)/b4-3+. The molecule has 32 heavy (non-hydrogen) atoms. The van der Waals surface area contributed by atoms with Crippen LogP contribution >= 0.6 is 0 Å². The fraction of sp³-hybridized carbons (Fsp3) is 0.458. The van der Waals surface area contributed by atoms with Crippen LogP contribution < -0.4 is 21.1 Å². The second-order valence-electron chi connectivity index (χ2n) is 8.57. The molecule has 4 rings (SSSR count). The summed E-state index contributed by atoms with van der Waals surface area (Å²) in [5.41, 5.74) is 2.53. The van der Waals surface area contributed by atoms with Gasteiger partial charge in [-0.3, -0.25) is 9.59 Å². The van der Waals surface area contributed by atoms with Crippen molar-refractivity contribution in [1.82, 2.24) is 20.2 Å². The molecule has 170 valence electrons. The van der Waals surface area contributed by atoms with Crippen LogP contribution in [0.4, 0.5) is 11.5 Å². The second kappa shape index (κ2) is 9.99. The van der Waals surface area contributed by atoms with Crippen molar-refractivity contribution >= 4 is 17.4 Å². The van der Waals surface area contributed by atoms with Crippen LogP contribution in [-0.4, -0.2) is 67.1 Å². The summed E-state index contributed by atoms with van der Waals surface area (Å²) < 4.78 is 0. The third kappa shape index (κ3) is 5.19. The molecule has 1 saturated carbocycles. The first-order valence-electron chi connectivity index (χ1n) is 11.3. The Balaban J connectivity index is 1.58. The first-order chi connectivity index (χ1) is 15.6. The van der Waals surface area contributed by atoms with Gasteiger partial charge in [0.05, 0.1) is 0 Å². The Bertz CT molecular complexity index is 1030. The molecule has 1 saturated heterocycles. The highest BCUT2D eigenvalue weighted by Gasteiger charge is 2.34. The predicted octanol–water partition coefficient (Wildman–Crippen LogP) is 2.07. The molecule has 0 spiro atoms. The molecule has 3 heterocycles. The Labute approximate surface area is 188 Å². The Morgan fingerprint density at radius 2 is 2.12 bits per heavy atom. The van der Waals surface area contributed by atoms with Gasteiger partial charge >= 0.3 is 0 Å². The van der Waals surface area contributed by atoms with E-state index in [1.54, 1.807) is 18.5 Å². The van der Waals surface area contributed by atoms with Gasteiger partial charge in [-0.15, -0.1) is 0 Å². The van der Waals surface area contributed by atoms with Crippen LogP contribution in [0.5, 0.6) is 0 Å². The zero-order valence-corrected chi connectivity index (χ0v) is 18.8. The Hall–Kier alpha value is -3.13. The van der Waals surface area contributed by atoms with E-state index in [0.717, 1.165) is 29.9 Å².